The van der Waals surface area contributed by atoms with Crippen LogP contribution >= 0.6 is 0 Å². The van der Waals surface area contributed by atoms with Gasteiger partial charge in [-0.15, -0.1) is 6.58 Å². The minimum atomic E-state index is -5.03. The molecule has 0 radical (unpaired) electrons. The molecular formula is C30H36F3N3O5. The lowest BCUT2D eigenvalue weighted by molar-refractivity contribution is -0.275. The quantitative estimate of drug-likeness (QED) is 0.426. The molecule has 2 fully saturated rings. The lowest BCUT2D eigenvalue weighted by atomic mass is 9.90. The summed E-state index contributed by atoms with van der Waals surface area (Å²) in [5, 5.41) is 12.1. The molecule has 0 unspecified atom stereocenters. The van der Waals surface area contributed by atoms with E-state index >= 15 is 0 Å². The van der Waals surface area contributed by atoms with Gasteiger partial charge in [-0.1, -0.05) is 49.4 Å². The maximum Gasteiger partial charge on any atom is 0.471 e. The van der Waals surface area contributed by atoms with Crippen molar-refractivity contribution < 1.29 is 37.3 Å². The third-order valence-corrected chi connectivity index (χ3v) is 7.56. The summed E-state index contributed by atoms with van der Waals surface area (Å²) in [6.07, 6.45) is -3.91. The molecular weight excluding hydrogens is 539 g/mol. The van der Waals surface area contributed by atoms with Gasteiger partial charge in [0, 0.05) is 36.8 Å². The second kappa shape index (κ2) is 13.2. The molecule has 2 aliphatic rings. The van der Waals surface area contributed by atoms with Crippen LogP contribution in [-0.2, 0) is 25.7 Å². The van der Waals surface area contributed by atoms with Gasteiger partial charge in [0.15, 0.2) is 6.29 Å². The molecule has 2 aromatic rings. The molecule has 0 aromatic heterocycles. The van der Waals surface area contributed by atoms with Crippen LogP contribution in [0, 0.1) is 5.92 Å². The monoisotopic (exact) mass is 575 g/mol. The molecule has 8 nitrogen and oxygen atoms in total. The van der Waals surface area contributed by atoms with E-state index in [2.05, 4.69) is 23.7 Å². The molecule has 2 saturated heterocycles. The number of aliphatic hydroxyl groups excluding tert-OH is 1. The van der Waals surface area contributed by atoms with E-state index in [0.717, 1.165) is 11.1 Å². The maximum absolute atomic E-state index is 13.0. The SMILES string of the molecule is C=CCN(C)C[C@@H]1O[C@H](c2ccc(NC(=O)[C@@H]3CCCN3C(=O)C(F)(F)F)cc2)O[C@H](c2ccc(CO)cc2)[C@@H]1C. The third-order valence-electron chi connectivity index (χ3n) is 7.56. The lowest BCUT2D eigenvalue weighted by Gasteiger charge is -2.42. The van der Waals surface area contributed by atoms with Crippen molar-refractivity contribution in [1.29, 1.82) is 0 Å². The van der Waals surface area contributed by atoms with Gasteiger partial charge in [-0.2, -0.15) is 13.2 Å². The summed E-state index contributed by atoms with van der Waals surface area (Å²) in [7, 11) is 1.98. The van der Waals surface area contributed by atoms with Crippen LogP contribution in [0.3, 0.4) is 0 Å². The number of likely N-dealkylation sites (tertiary alicyclic amines) is 1. The summed E-state index contributed by atoms with van der Waals surface area (Å²) in [5.41, 5.74) is 2.84. The van der Waals surface area contributed by atoms with E-state index in [1.54, 1.807) is 24.3 Å². The van der Waals surface area contributed by atoms with Crippen LogP contribution in [0.4, 0.5) is 18.9 Å². The van der Waals surface area contributed by atoms with E-state index < -0.39 is 30.3 Å². The van der Waals surface area contributed by atoms with Crippen LogP contribution in [0.1, 0.15) is 48.8 Å². The van der Waals surface area contributed by atoms with E-state index in [1.165, 1.54) is 0 Å². The number of benzene rings is 2. The normalized spacial score (nSPS) is 24.9. The molecule has 222 valence electrons. The molecule has 5 atom stereocenters. The topological polar surface area (TPSA) is 91.3 Å². The van der Waals surface area contributed by atoms with Crippen LogP contribution in [0.5, 0.6) is 0 Å². The van der Waals surface area contributed by atoms with Gasteiger partial charge in [-0.25, -0.2) is 0 Å². The van der Waals surface area contributed by atoms with Crippen molar-refractivity contribution in [3.8, 4) is 0 Å². The van der Waals surface area contributed by atoms with E-state index in [-0.39, 0.29) is 37.7 Å². The van der Waals surface area contributed by atoms with Crippen molar-refractivity contribution in [3.63, 3.8) is 0 Å². The number of carbonyl (C=O) groups is 2. The van der Waals surface area contributed by atoms with Gasteiger partial charge in [-0.3, -0.25) is 9.59 Å². The highest BCUT2D eigenvalue weighted by molar-refractivity contribution is 5.98. The molecule has 2 N–H and O–H groups in total. The van der Waals surface area contributed by atoms with Crippen LogP contribution in [0.25, 0.3) is 0 Å². The Hall–Kier alpha value is -3.25. The first kappa shape index (κ1) is 30.7. The van der Waals surface area contributed by atoms with Gasteiger partial charge in [0.05, 0.1) is 18.8 Å². The predicted octanol–water partition coefficient (Wildman–Crippen LogP) is 4.58. The van der Waals surface area contributed by atoms with E-state index in [1.807, 2.05) is 37.4 Å². The summed E-state index contributed by atoms with van der Waals surface area (Å²) in [6.45, 7) is 7.04. The number of hydrogen-bond donors (Lipinski definition) is 2. The highest BCUT2D eigenvalue weighted by Crippen LogP contribution is 2.42. The summed E-state index contributed by atoms with van der Waals surface area (Å²) in [4.78, 5) is 27.2. The van der Waals surface area contributed by atoms with E-state index in [0.29, 0.717) is 35.7 Å². The van der Waals surface area contributed by atoms with Gasteiger partial charge < -0.3 is 29.7 Å². The number of amides is 2. The van der Waals surface area contributed by atoms with Gasteiger partial charge in [0.25, 0.3) is 0 Å². The van der Waals surface area contributed by atoms with Gasteiger partial charge in [-0.05, 0) is 43.1 Å². The molecule has 2 amide bonds. The highest BCUT2D eigenvalue weighted by Gasteiger charge is 2.47. The van der Waals surface area contributed by atoms with Crippen molar-refractivity contribution >= 4 is 17.5 Å². The van der Waals surface area contributed by atoms with Crippen LogP contribution in [0.15, 0.2) is 61.2 Å². The van der Waals surface area contributed by atoms with E-state index in [9.17, 15) is 27.9 Å². The number of hydrogen-bond acceptors (Lipinski definition) is 6. The number of aliphatic hydroxyl groups is 1. The first-order valence-electron chi connectivity index (χ1n) is 13.6. The Kier molecular flexibility index (Phi) is 9.85. The smallest absolute Gasteiger partial charge is 0.392 e. The number of likely N-dealkylation sites (N-methyl/N-ethyl adjacent to an activating group) is 1. The van der Waals surface area contributed by atoms with Crippen molar-refractivity contribution in [2.45, 2.75) is 57.1 Å². The number of alkyl halides is 3. The zero-order chi connectivity index (χ0) is 29.7. The van der Waals surface area contributed by atoms with E-state index in [4.69, 9.17) is 9.47 Å². The number of nitrogens with one attached hydrogen (secondary N) is 1. The Bertz CT molecular complexity index is 1210. The average molecular weight is 576 g/mol. The second-order valence-electron chi connectivity index (χ2n) is 10.6. The minimum Gasteiger partial charge on any atom is -0.392 e. The van der Waals surface area contributed by atoms with Crippen molar-refractivity contribution in [3.05, 3.63) is 77.9 Å². The second-order valence-corrected chi connectivity index (χ2v) is 10.6. The van der Waals surface area contributed by atoms with Crippen molar-refractivity contribution in [2.75, 3.05) is 32.0 Å². The molecule has 4 rings (SSSR count). The van der Waals surface area contributed by atoms with Gasteiger partial charge in [0.1, 0.15) is 6.04 Å². The number of nitrogens with zero attached hydrogens (tertiary/aromatic N) is 2. The zero-order valence-corrected chi connectivity index (χ0v) is 23.1. The van der Waals surface area contributed by atoms with Crippen molar-refractivity contribution in [1.82, 2.24) is 9.80 Å². The summed E-state index contributed by atoms with van der Waals surface area (Å²) in [5.74, 6) is -2.66. The molecule has 0 saturated carbocycles. The molecule has 0 spiro atoms. The molecule has 2 heterocycles. The fraction of sp³-hybridized carbons (Fsp3) is 0.467. The summed E-state index contributed by atoms with van der Waals surface area (Å²) in [6, 6.07) is 13.2. The Morgan fingerprint density at radius 1 is 1.12 bits per heavy atom. The lowest BCUT2D eigenvalue weighted by Crippen LogP contribution is -2.48. The minimum absolute atomic E-state index is 0.00539. The van der Waals surface area contributed by atoms with Crippen LogP contribution in [0.2, 0.25) is 0 Å². The van der Waals surface area contributed by atoms with Gasteiger partial charge >= 0.3 is 12.1 Å². The number of halogens is 3. The molecule has 41 heavy (non-hydrogen) atoms. The number of anilines is 1. The zero-order valence-electron chi connectivity index (χ0n) is 23.1. The maximum atomic E-state index is 13.0. The Morgan fingerprint density at radius 3 is 2.39 bits per heavy atom. The standard InChI is InChI=1S/C30H36F3N3O5/c1-4-15-35(3)17-25-19(2)26(21-9-7-20(18-37)8-10-21)41-28(40-25)22-11-13-23(14-12-22)34-27(38)24-6-5-16-36(24)29(39)30(31,32)33/h4,7-14,19,24-26,28,37H,1,5-6,15-18H2,2-3H3,(H,34,38)/t19-,24+,25+,26+,28+/m1/s1. The Labute approximate surface area is 237 Å². The van der Waals surface area contributed by atoms with Crippen molar-refractivity contribution in [2.24, 2.45) is 5.92 Å². The fourth-order valence-electron chi connectivity index (χ4n) is 5.32. The predicted molar refractivity (Wildman–Crippen MR) is 147 cm³/mol. The third kappa shape index (κ3) is 7.34. The summed E-state index contributed by atoms with van der Waals surface area (Å²) >= 11 is 0. The Balaban J connectivity index is 1.49. The highest BCUT2D eigenvalue weighted by atomic mass is 19.4. The average Bonchev–Trinajstić information content (AvgIpc) is 3.44. The fourth-order valence-corrected chi connectivity index (χ4v) is 5.32. The molecule has 2 aliphatic heterocycles. The largest absolute Gasteiger partial charge is 0.471 e. The Morgan fingerprint density at radius 2 is 1.78 bits per heavy atom. The first-order chi connectivity index (χ1) is 19.5. The summed E-state index contributed by atoms with van der Waals surface area (Å²) < 4.78 is 51.7. The molecule has 0 aliphatic carbocycles. The molecule has 0 bridgehead atoms. The number of ether oxygens (including phenoxy) is 2. The van der Waals surface area contributed by atoms with Gasteiger partial charge in [0.2, 0.25) is 5.91 Å². The molecule has 2 aromatic carbocycles. The first-order valence-corrected chi connectivity index (χ1v) is 13.6. The number of carbonyl (C=O) groups excluding carboxylic acids is 2. The van der Waals surface area contributed by atoms with Crippen LogP contribution < -0.4 is 5.32 Å². The van der Waals surface area contributed by atoms with Crippen LogP contribution in [-0.4, -0.2) is 71.7 Å². The molecule has 11 heteroatoms. The number of rotatable bonds is 9.